The molecular formula is C25H30F2N4O4. The number of unbranched alkanes of at least 4 members (excludes halogenated alkanes) is 1. The first kappa shape index (κ1) is 24.8. The summed E-state index contributed by atoms with van der Waals surface area (Å²) in [6.45, 7) is 2.49. The third kappa shape index (κ3) is 5.52. The predicted molar refractivity (Wildman–Crippen MR) is 128 cm³/mol. The molecule has 1 saturated carbocycles. The largest absolute Gasteiger partial charge is 0.465 e. The van der Waals surface area contributed by atoms with Crippen LogP contribution in [-0.4, -0.2) is 32.1 Å². The highest BCUT2D eigenvalue weighted by Crippen LogP contribution is 2.50. The van der Waals surface area contributed by atoms with Gasteiger partial charge in [-0.05, 0) is 62.0 Å². The number of aromatic amines is 1. The monoisotopic (exact) mass is 488 g/mol. The van der Waals surface area contributed by atoms with Crippen molar-refractivity contribution < 1.29 is 13.5 Å². The van der Waals surface area contributed by atoms with Gasteiger partial charge in [0.05, 0.1) is 6.61 Å². The first-order chi connectivity index (χ1) is 16.8. The van der Waals surface area contributed by atoms with Crippen molar-refractivity contribution in [2.24, 2.45) is 13.0 Å². The Bertz CT molecular complexity index is 1380. The van der Waals surface area contributed by atoms with Crippen molar-refractivity contribution in [3.05, 3.63) is 66.6 Å². The molecule has 188 valence electrons. The van der Waals surface area contributed by atoms with Crippen molar-refractivity contribution in [3.63, 3.8) is 0 Å². The number of halogens is 2. The van der Waals surface area contributed by atoms with Crippen molar-refractivity contribution in [3.8, 4) is 6.01 Å². The normalized spacial score (nSPS) is 17.3. The molecule has 2 atom stereocenters. The SMILES string of the molecule is Cc1ccccc1C1C[C@H]1CCCOc1nc2c(=O)n(C)c(=O)n(CCCCC(F)F)c2c(=O)[nH]1. The van der Waals surface area contributed by atoms with Crippen LogP contribution in [0.5, 0.6) is 6.01 Å². The Morgan fingerprint density at radius 1 is 1.17 bits per heavy atom. The topological polar surface area (TPSA) is 99.0 Å². The van der Waals surface area contributed by atoms with Crippen LogP contribution in [0.15, 0.2) is 38.6 Å². The molecule has 1 aromatic carbocycles. The lowest BCUT2D eigenvalue weighted by atomic mass is 10.0. The Morgan fingerprint density at radius 3 is 2.69 bits per heavy atom. The molecule has 4 rings (SSSR count). The number of hydrogen-bond acceptors (Lipinski definition) is 5. The van der Waals surface area contributed by atoms with Crippen LogP contribution < -0.4 is 21.5 Å². The zero-order chi connectivity index (χ0) is 25.1. The van der Waals surface area contributed by atoms with Crippen LogP contribution in [0.2, 0.25) is 0 Å². The van der Waals surface area contributed by atoms with Crippen LogP contribution >= 0.6 is 0 Å². The van der Waals surface area contributed by atoms with Crippen molar-refractivity contribution in [1.82, 2.24) is 19.1 Å². The molecule has 10 heteroatoms. The molecule has 2 heterocycles. The summed E-state index contributed by atoms with van der Waals surface area (Å²) in [5, 5.41) is 0. The molecule has 1 N–H and O–H groups in total. The molecule has 3 aromatic rings. The fraction of sp³-hybridized carbons (Fsp3) is 0.520. The van der Waals surface area contributed by atoms with Crippen molar-refractivity contribution in [2.75, 3.05) is 6.61 Å². The van der Waals surface area contributed by atoms with Crippen LogP contribution in [-0.2, 0) is 13.6 Å². The number of benzene rings is 1. The van der Waals surface area contributed by atoms with Gasteiger partial charge >= 0.3 is 5.69 Å². The van der Waals surface area contributed by atoms with E-state index < -0.39 is 23.2 Å². The lowest BCUT2D eigenvalue weighted by Crippen LogP contribution is -2.41. The van der Waals surface area contributed by atoms with Crippen molar-refractivity contribution in [2.45, 2.75) is 64.3 Å². The second kappa shape index (κ2) is 10.5. The number of fused-ring (bicyclic) bond motifs is 1. The maximum Gasteiger partial charge on any atom is 0.331 e. The van der Waals surface area contributed by atoms with Gasteiger partial charge in [0.25, 0.3) is 17.1 Å². The van der Waals surface area contributed by atoms with Crippen LogP contribution in [0.25, 0.3) is 11.0 Å². The summed E-state index contributed by atoms with van der Waals surface area (Å²) >= 11 is 0. The van der Waals surface area contributed by atoms with Crippen LogP contribution in [0.4, 0.5) is 8.78 Å². The first-order valence-electron chi connectivity index (χ1n) is 12.0. The van der Waals surface area contributed by atoms with Gasteiger partial charge in [-0.2, -0.15) is 4.98 Å². The van der Waals surface area contributed by atoms with E-state index in [1.165, 1.54) is 18.2 Å². The van der Waals surface area contributed by atoms with Crippen LogP contribution in [0, 0.1) is 12.8 Å². The second-order valence-corrected chi connectivity index (χ2v) is 9.20. The maximum atomic E-state index is 12.8. The maximum absolute atomic E-state index is 12.8. The predicted octanol–water partition coefficient (Wildman–Crippen LogP) is 3.49. The zero-order valence-electron chi connectivity index (χ0n) is 19.9. The number of hydrogen-bond donors (Lipinski definition) is 1. The standard InChI is InChI=1S/C25H30F2N4O4/c1-15-8-3-4-10-17(15)18-14-16(18)9-7-13-35-24-28-20-21(22(32)29-24)31(12-6-5-11-19(26)27)25(34)30(2)23(20)33/h3-4,8,10,16,18-19H,5-7,9,11-14H2,1-2H3,(H,28,29,32)/t16-,18?/m1/s1. The molecule has 0 radical (unpaired) electrons. The Morgan fingerprint density at radius 2 is 1.94 bits per heavy atom. The molecule has 0 aliphatic heterocycles. The lowest BCUT2D eigenvalue weighted by molar-refractivity contribution is 0.133. The van der Waals surface area contributed by atoms with Gasteiger partial charge in [0, 0.05) is 20.0 Å². The van der Waals surface area contributed by atoms with Crippen LogP contribution in [0.3, 0.4) is 0 Å². The minimum atomic E-state index is -2.43. The zero-order valence-corrected chi connectivity index (χ0v) is 19.9. The summed E-state index contributed by atoms with van der Waals surface area (Å²) in [4.78, 5) is 44.6. The molecule has 35 heavy (non-hydrogen) atoms. The molecule has 1 aliphatic rings. The van der Waals surface area contributed by atoms with Crippen molar-refractivity contribution in [1.29, 1.82) is 0 Å². The Hall–Kier alpha value is -3.30. The Labute approximate surface area is 200 Å². The minimum absolute atomic E-state index is 0.0323. The van der Waals surface area contributed by atoms with E-state index in [4.69, 9.17) is 4.74 Å². The molecule has 8 nitrogen and oxygen atoms in total. The number of rotatable bonds is 11. The minimum Gasteiger partial charge on any atom is -0.465 e. The van der Waals surface area contributed by atoms with E-state index in [9.17, 15) is 23.2 Å². The molecule has 1 unspecified atom stereocenters. The Kier molecular flexibility index (Phi) is 7.47. The van der Waals surface area contributed by atoms with E-state index in [1.54, 1.807) is 0 Å². The van der Waals surface area contributed by atoms with E-state index in [0.29, 0.717) is 18.4 Å². The number of ether oxygens (including phenoxy) is 1. The summed E-state index contributed by atoms with van der Waals surface area (Å²) in [6, 6.07) is 8.34. The second-order valence-electron chi connectivity index (χ2n) is 9.20. The lowest BCUT2D eigenvalue weighted by Gasteiger charge is -2.12. The number of H-pyrrole nitrogens is 1. The van der Waals surface area contributed by atoms with E-state index in [2.05, 4.69) is 35.1 Å². The van der Waals surface area contributed by atoms with E-state index in [-0.39, 0.29) is 42.9 Å². The number of nitrogens with one attached hydrogen (secondary N) is 1. The van der Waals surface area contributed by atoms with E-state index >= 15 is 0 Å². The van der Waals surface area contributed by atoms with Gasteiger partial charge in [-0.1, -0.05) is 24.3 Å². The number of aryl methyl sites for hydroxylation is 2. The average molecular weight is 489 g/mol. The molecule has 0 amide bonds. The smallest absolute Gasteiger partial charge is 0.331 e. The summed E-state index contributed by atoms with van der Waals surface area (Å²) < 4.78 is 32.5. The summed E-state index contributed by atoms with van der Waals surface area (Å²) in [6.07, 6.45) is 0.639. The van der Waals surface area contributed by atoms with Gasteiger partial charge in [0.2, 0.25) is 6.43 Å². The van der Waals surface area contributed by atoms with Gasteiger partial charge in [0.1, 0.15) is 5.52 Å². The highest BCUT2D eigenvalue weighted by Gasteiger charge is 2.38. The van der Waals surface area contributed by atoms with Gasteiger partial charge in [-0.15, -0.1) is 0 Å². The summed E-state index contributed by atoms with van der Waals surface area (Å²) in [5.41, 5.74) is 0.300. The third-order valence-electron chi connectivity index (χ3n) is 6.69. The third-order valence-corrected chi connectivity index (χ3v) is 6.69. The molecule has 1 aliphatic carbocycles. The van der Waals surface area contributed by atoms with E-state index in [1.807, 2.05) is 6.07 Å². The van der Waals surface area contributed by atoms with Gasteiger partial charge < -0.3 is 4.74 Å². The van der Waals surface area contributed by atoms with Gasteiger partial charge in [-0.3, -0.25) is 23.7 Å². The number of aromatic nitrogens is 4. The quantitative estimate of drug-likeness (QED) is 0.417. The Balaban J connectivity index is 1.42. The van der Waals surface area contributed by atoms with Crippen molar-refractivity contribution >= 4 is 11.0 Å². The average Bonchev–Trinajstić information content (AvgIpc) is 3.59. The number of alkyl halides is 2. The van der Waals surface area contributed by atoms with Gasteiger partial charge in [0.15, 0.2) is 5.52 Å². The highest BCUT2D eigenvalue weighted by atomic mass is 19.3. The van der Waals surface area contributed by atoms with Crippen LogP contribution in [0.1, 0.15) is 55.6 Å². The molecule has 0 spiro atoms. The molecule has 0 bridgehead atoms. The van der Waals surface area contributed by atoms with Gasteiger partial charge in [-0.25, -0.2) is 13.6 Å². The fourth-order valence-electron chi connectivity index (χ4n) is 4.68. The number of nitrogens with zero attached hydrogens (tertiary/aromatic N) is 3. The fourth-order valence-corrected chi connectivity index (χ4v) is 4.68. The molecule has 2 aromatic heterocycles. The first-order valence-corrected chi connectivity index (χ1v) is 12.0. The summed E-state index contributed by atoms with van der Waals surface area (Å²) in [7, 11) is 1.30. The van der Waals surface area contributed by atoms with E-state index in [0.717, 1.165) is 28.4 Å². The molecule has 0 saturated heterocycles. The molecule has 1 fully saturated rings. The summed E-state index contributed by atoms with van der Waals surface area (Å²) in [5.74, 6) is 1.19. The molecular weight excluding hydrogens is 458 g/mol. The highest BCUT2D eigenvalue weighted by molar-refractivity contribution is 5.72.